The summed E-state index contributed by atoms with van der Waals surface area (Å²) in [5, 5.41) is 11.8. The molecule has 0 amide bonds. The van der Waals surface area contributed by atoms with Gasteiger partial charge in [-0.1, -0.05) is 18.2 Å². The molecule has 7 heteroatoms. The fourth-order valence-electron chi connectivity index (χ4n) is 3.57. The lowest BCUT2D eigenvalue weighted by atomic mass is 9.96. The standard InChI is InChI=1S/C18H16N2O4S/c21-20(22)13-9-11-14(12-10-13)25(23,24)19-17-7-3-1-5-15(17)16-6-2-4-8-18(16)19/h1,3,5,7,9-12H,2,4,6,8H2. The molecule has 4 rings (SSSR count). The van der Waals surface area contributed by atoms with Gasteiger partial charge in [0.05, 0.1) is 15.3 Å². The number of nitrogens with zero attached hydrogens (tertiary/aromatic N) is 2. The van der Waals surface area contributed by atoms with Crippen molar-refractivity contribution in [1.82, 2.24) is 3.97 Å². The number of aryl methyl sites for hydroxylation is 1. The van der Waals surface area contributed by atoms with Crippen molar-refractivity contribution in [2.45, 2.75) is 30.6 Å². The number of para-hydroxylation sites is 1. The summed E-state index contributed by atoms with van der Waals surface area (Å²) in [6.07, 6.45) is 3.60. The minimum absolute atomic E-state index is 0.0622. The third-order valence-electron chi connectivity index (χ3n) is 4.72. The van der Waals surface area contributed by atoms with Crippen LogP contribution in [0.4, 0.5) is 5.69 Å². The molecule has 6 nitrogen and oxygen atoms in total. The fraction of sp³-hybridized carbons (Fsp3) is 0.222. The van der Waals surface area contributed by atoms with Crippen LogP contribution >= 0.6 is 0 Å². The van der Waals surface area contributed by atoms with E-state index in [2.05, 4.69) is 0 Å². The number of fused-ring (bicyclic) bond motifs is 3. The lowest BCUT2D eigenvalue weighted by molar-refractivity contribution is -0.384. The summed E-state index contributed by atoms with van der Waals surface area (Å²) >= 11 is 0. The van der Waals surface area contributed by atoms with E-state index in [0.29, 0.717) is 5.52 Å². The summed E-state index contributed by atoms with van der Waals surface area (Å²) in [5.74, 6) is 0. The van der Waals surface area contributed by atoms with E-state index in [4.69, 9.17) is 0 Å². The van der Waals surface area contributed by atoms with Gasteiger partial charge < -0.3 is 0 Å². The van der Waals surface area contributed by atoms with Crippen LogP contribution in [0.15, 0.2) is 53.4 Å². The molecule has 0 fully saturated rings. The Bertz CT molecular complexity index is 1080. The molecule has 0 spiro atoms. The maximum absolute atomic E-state index is 13.3. The van der Waals surface area contributed by atoms with Crippen LogP contribution in [0.2, 0.25) is 0 Å². The molecule has 1 aliphatic rings. The summed E-state index contributed by atoms with van der Waals surface area (Å²) in [6.45, 7) is 0. The van der Waals surface area contributed by atoms with Gasteiger partial charge in [0.2, 0.25) is 0 Å². The van der Waals surface area contributed by atoms with Crippen LogP contribution in [0.5, 0.6) is 0 Å². The molecule has 25 heavy (non-hydrogen) atoms. The monoisotopic (exact) mass is 356 g/mol. The average Bonchev–Trinajstić information content (AvgIpc) is 2.97. The zero-order chi connectivity index (χ0) is 17.6. The first-order valence-electron chi connectivity index (χ1n) is 8.11. The molecule has 1 aliphatic carbocycles. The highest BCUT2D eigenvalue weighted by atomic mass is 32.2. The van der Waals surface area contributed by atoms with E-state index in [0.717, 1.165) is 42.3 Å². The van der Waals surface area contributed by atoms with Crippen LogP contribution in [0, 0.1) is 10.1 Å². The predicted octanol–water partition coefficient (Wildman–Crippen LogP) is 3.67. The summed E-state index contributed by atoms with van der Waals surface area (Å²) in [7, 11) is -3.81. The van der Waals surface area contributed by atoms with Crippen LogP contribution in [-0.4, -0.2) is 17.3 Å². The van der Waals surface area contributed by atoms with E-state index in [1.807, 2.05) is 24.3 Å². The summed E-state index contributed by atoms with van der Waals surface area (Å²) in [5.41, 5.74) is 2.49. The highest BCUT2D eigenvalue weighted by Crippen LogP contribution is 2.35. The first kappa shape index (κ1) is 15.8. The molecular weight excluding hydrogens is 340 g/mol. The first-order valence-corrected chi connectivity index (χ1v) is 9.55. The molecule has 0 N–H and O–H groups in total. The molecule has 0 unspecified atom stereocenters. The van der Waals surface area contributed by atoms with E-state index in [9.17, 15) is 18.5 Å². The van der Waals surface area contributed by atoms with Crippen LogP contribution in [-0.2, 0) is 22.9 Å². The van der Waals surface area contributed by atoms with Gasteiger partial charge in [-0.15, -0.1) is 0 Å². The van der Waals surface area contributed by atoms with Gasteiger partial charge in [0.15, 0.2) is 0 Å². The van der Waals surface area contributed by atoms with Gasteiger partial charge in [0.25, 0.3) is 15.7 Å². The van der Waals surface area contributed by atoms with E-state index < -0.39 is 14.9 Å². The van der Waals surface area contributed by atoms with Crippen LogP contribution in [0.3, 0.4) is 0 Å². The molecule has 0 saturated heterocycles. The lowest BCUT2D eigenvalue weighted by Crippen LogP contribution is -2.17. The van der Waals surface area contributed by atoms with Crippen molar-refractivity contribution < 1.29 is 13.3 Å². The Kier molecular flexibility index (Phi) is 3.61. The summed E-state index contributed by atoms with van der Waals surface area (Å²) in [6, 6.07) is 12.6. The van der Waals surface area contributed by atoms with Gasteiger partial charge in [-0.05, 0) is 49.4 Å². The minimum atomic E-state index is -3.81. The molecule has 1 heterocycles. The Morgan fingerprint density at radius 3 is 2.36 bits per heavy atom. The highest BCUT2D eigenvalue weighted by molar-refractivity contribution is 7.90. The zero-order valence-corrected chi connectivity index (χ0v) is 14.2. The Morgan fingerprint density at radius 2 is 1.64 bits per heavy atom. The lowest BCUT2D eigenvalue weighted by Gasteiger charge is -2.16. The molecule has 0 aliphatic heterocycles. The van der Waals surface area contributed by atoms with Crippen molar-refractivity contribution in [2.24, 2.45) is 0 Å². The maximum atomic E-state index is 13.3. The van der Waals surface area contributed by atoms with Gasteiger partial charge in [0, 0.05) is 23.2 Å². The van der Waals surface area contributed by atoms with E-state index in [-0.39, 0.29) is 10.6 Å². The van der Waals surface area contributed by atoms with Gasteiger partial charge >= 0.3 is 0 Å². The van der Waals surface area contributed by atoms with E-state index in [1.54, 1.807) is 0 Å². The van der Waals surface area contributed by atoms with Crippen molar-refractivity contribution in [3.63, 3.8) is 0 Å². The number of aromatic nitrogens is 1. The van der Waals surface area contributed by atoms with Crippen LogP contribution < -0.4 is 0 Å². The Labute approximate surface area is 144 Å². The smallest absolute Gasteiger partial charge is 0.258 e. The first-order chi connectivity index (χ1) is 12.0. The van der Waals surface area contributed by atoms with E-state index in [1.165, 1.54) is 28.2 Å². The number of non-ortho nitro benzene ring substituents is 1. The number of rotatable bonds is 3. The second kappa shape index (κ2) is 5.70. The number of hydrogen-bond acceptors (Lipinski definition) is 4. The summed E-state index contributed by atoms with van der Waals surface area (Å²) in [4.78, 5) is 10.3. The largest absolute Gasteiger partial charge is 0.269 e. The quantitative estimate of drug-likeness (QED) is 0.530. The predicted molar refractivity (Wildman–Crippen MR) is 94.3 cm³/mol. The van der Waals surface area contributed by atoms with E-state index >= 15 is 0 Å². The SMILES string of the molecule is O=[N+]([O-])c1ccc(S(=O)(=O)n2c3c(c4ccccc42)CCCC3)cc1. The van der Waals surface area contributed by atoms with Crippen molar-refractivity contribution in [3.05, 3.63) is 69.9 Å². The molecule has 2 aromatic carbocycles. The Hall–Kier alpha value is -2.67. The van der Waals surface area contributed by atoms with Crippen molar-refractivity contribution in [2.75, 3.05) is 0 Å². The minimum Gasteiger partial charge on any atom is -0.258 e. The molecule has 0 saturated carbocycles. The fourth-order valence-corrected chi connectivity index (χ4v) is 5.18. The number of nitro groups is 1. The molecule has 1 aromatic heterocycles. The molecule has 3 aromatic rings. The number of hydrogen-bond donors (Lipinski definition) is 0. The van der Waals surface area contributed by atoms with Crippen molar-refractivity contribution >= 4 is 26.6 Å². The molecular formula is C18H16N2O4S. The number of benzene rings is 2. The maximum Gasteiger partial charge on any atom is 0.269 e. The summed E-state index contributed by atoms with van der Waals surface area (Å²) < 4.78 is 27.9. The van der Waals surface area contributed by atoms with Crippen LogP contribution in [0.1, 0.15) is 24.1 Å². The van der Waals surface area contributed by atoms with Gasteiger partial charge in [-0.3, -0.25) is 10.1 Å². The highest BCUT2D eigenvalue weighted by Gasteiger charge is 2.28. The Balaban J connectivity index is 1.95. The van der Waals surface area contributed by atoms with Gasteiger partial charge in [-0.2, -0.15) is 0 Å². The molecule has 0 atom stereocenters. The van der Waals surface area contributed by atoms with Gasteiger partial charge in [0.1, 0.15) is 0 Å². The van der Waals surface area contributed by atoms with Crippen molar-refractivity contribution in [3.8, 4) is 0 Å². The Morgan fingerprint density at radius 1 is 0.960 bits per heavy atom. The molecule has 0 bridgehead atoms. The third-order valence-corrected chi connectivity index (χ3v) is 6.48. The second-order valence-electron chi connectivity index (χ2n) is 6.17. The average molecular weight is 356 g/mol. The molecule has 128 valence electrons. The number of nitro benzene ring substituents is 1. The van der Waals surface area contributed by atoms with Gasteiger partial charge in [-0.25, -0.2) is 12.4 Å². The third kappa shape index (κ3) is 2.42. The molecule has 0 radical (unpaired) electrons. The topological polar surface area (TPSA) is 82.2 Å². The zero-order valence-electron chi connectivity index (χ0n) is 13.4. The normalized spacial score (nSPS) is 14.4. The van der Waals surface area contributed by atoms with Crippen molar-refractivity contribution in [1.29, 1.82) is 0 Å². The van der Waals surface area contributed by atoms with Crippen LogP contribution in [0.25, 0.3) is 10.9 Å². The second-order valence-corrected chi connectivity index (χ2v) is 7.96.